The zero-order valence-electron chi connectivity index (χ0n) is 19.8. The van der Waals surface area contributed by atoms with Gasteiger partial charge in [-0.25, -0.2) is 0 Å². The van der Waals surface area contributed by atoms with Crippen LogP contribution in [0.1, 0.15) is 22.3 Å². The van der Waals surface area contributed by atoms with Gasteiger partial charge >= 0.3 is 0 Å². The van der Waals surface area contributed by atoms with Crippen molar-refractivity contribution in [1.29, 1.82) is 0 Å². The molecule has 162 valence electrons. The summed E-state index contributed by atoms with van der Waals surface area (Å²) in [6.45, 7) is 8.28. The summed E-state index contributed by atoms with van der Waals surface area (Å²) in [4.78, 5) is 5.98. The first kappa shape index (κ1) is 25.6. The number of hydrogen-bond donors (Lipinski definition) is 0. The van der Waals surface area contributed by atoms with E-state index in [-0.39, 0.29) is 0 Å². The highest BCUT2D eigenvalue weighted by Crippen LogP contribution is 2.10. The van der Waals surface area contributed by atoms with Crippen LogP contribution in [0.4, 0.5) is 5.69 Å². The van der Waals surface area contributed by atoms with E-state index in [2.05, 4.69) is 79.2 Å². The van der Waals surface area contributed by atoms with Crippen molar-refractivity contribution in [2.45, 2.75) is 27.7 Å². The van der Waals surface area contributed by atoms with Crippen molar-refractivity contribution in [2.24, 2.45) is 0 Å². The van der Waals surface area contributed by atoms with Crippen LogP contribution in [-0.4, -0.2) is 19.1 Å². The summed E-state index contributed by atoms with van der Waals surface area (Å²) in [6, 6.07) is 33.0. The number of aryl methyl sites for hydroxylation is 4. The third-order valence-corrected chi connectivity index (χ3v) is 4.24. The van der Waals surface area contributed by atoms with E-state index in [1.165, 1.54) is 27.9 Å². The van der Waals surface area contributed by atoms with Crippen molar-refractivity contribution >= 4 is 5.69 Å². The molecular weight excluding hydrogens is 376 g/mol. The molecule has 0 atom stereocenters. The number of benzene rings is 3. The molecule has 0 saturated heterocycles. The highest BCUT2D eigenvalue weighted by molar-refractivity contribution is 5.45. The van der Waals surface area contributed by atoms with Crippen LogP contribution in [0.15, 0.2) is 109 Å². The Kier molecular flexibility index (Phi) is 12.8. The standard InChI is InChI=1S/C9H13N.2C7H8.C6H7N/c1-8-4-6-9(7-5-8)10(2)3;2*1-7-5-3-2-4-6-7;1-6-3-2-4-7-5-6/h4-7H,1-3H3;2*2-6H,1H3;2-5H,1H3. The molecule has 0 aliphatic rings. The Labute approximate surface area is 189 Å². The van der Waals surface area contributed by atoms with Gasteiger partial charge in [0.25, 0.3) is 0 Å². The molecule has 0 N–H and O–H groups in total. The molecule has 4 aromatic rings. The van der Waals surface area contributed by atoms with Gasteiger partial charge in [-0.3, -0.25) is 4.98 Å². The molecule has 0 aliphatic carbocycles. The first-order chi connectivity index (χ1) is 14.9. The smallest absolute Gasteiger partial charge is 0.0361 e. The molecule has 3 aromatic carbocycles. The Morgan fingerprint density at radius 1 is 0.484 bits per heavy atom. The largest absolute Gasteiger partial charge is 0.378 e. The summed E-state index contributed by atoms with van der Waals surface area (Å²) in [5.41, 5.74) is 6.42. The molecule has 1 aromatic heterocycles. The van der Waals surface area contributed by atoms with Gasteiger partial charge in [-0.15, -0.1) is 0 Å². The Bertz CT molecular complexity index is 827. The van der Waals surface area contributed by atoms with Gasteiger partial charge < -0.3 is 4.90 Å². The van der Waals surface area contributed by atoms with Crippen molar-refractivity contribution < 1.29 is 0 Å². The van der Waals surface area contributed by atoms with Crippen LogP contribution in [0.5, 0.6) is 0 Å². The van der Waals surface area contributed by atoms with E-state index in [4.69, 9.17) is 0 Å². The molecule has 0 fully saturated rings. The van der Waals surface area contributed by atoms with Crippen LogP contribution in [0.2, 0.25) is 0 Å². The number of pyridine rings is 1. The van der Waals surface area contributed by atoms with E-state index in [9.17, 15) is 0 Å². The van der Waals surface area contributed by atoms with Crippen LogP contribution >= 0.6 is 0 Å². The number of anilines is 1. The van der Waals surface area contributed by atoms with Gasteiger partial charge in [-0.2, -0.15) is 0 Å². The minimum Gasteiger partial charge on any atom is -0.378 e. The Morgan fingerprint density at radius 2 is 0.903 bits per heavy atom. The maximum Gasteiger partial charge on any atom is 0.0361 e. The van der Waals surface area contributed by atoms with Gasteiger partial charge in [-0.1, -0.05) is 95.6 Å². The summed E-state index contributed by atoms with van der Waals surface area (Å²) in [6.07, 6.45) is 3.60. The zero-order valence-corrected chi connectivity index (χ0v) is 19.8. The van der Waals surface area contributed by atoms with Crippen LogP contribution in [0.25, 0.3) is 0 Å². The fourth-order valence-corrected chi connectivity index (χ4v) is 2.36. The second kappa shape index (κ2) is 15.4. The van der Waals surface area contributed by atoms with Crippen molar-refractivity contribution in [3.63, 3.8) is 0 Å². The Balaban J connectivity index is 0.000000209. The zero-order chi connectivity index (χ0) is 22.9. The van der Waals surface area contributed by atoms with Crippen LogP contribution in [0, 0.1) is 27.7 Å². The summed E-state index contributed by atoms with van der Waals surface area (Å²) < 4.78 is 0. The van der Waals surface area contributed by atoms with Gasteiger partial charge in [-0.05, 0) is 51.5 Å². The maximum absolute atomic E-state index is 3.88. The summed E-state index contributed by atoms with van der Waals surface area (Å²) >= 11 is 0. The molecule has 0 aliphatic heterocycles. The van der Waals surface area contributed by atoms with Crippen LogP contribution < -0.4 is 4.90 Å². The van der Waals surface area contributed by atoms with Crippen molar-refractivity contribution in [3.8, 4) is 0 Å². The normalized spacial score (nSPS) is 8.97. The van der Waals surface area contributed by atoms with E-state index in [1.807, 2.05) is 75.7 Å². The predicted octanol–water partition coefficient (Wildman–Crippen LogP) is 7.44. The Hall–Kier alpha value is -3.39. The first-order valence-electron chi connectivity index (χ1n) is 10.5. The predicted molar refractivity (Wildman–Crippen MR) is 137 cm³/mol. The second-order valence-electron chi connectivity index (χ2n) is 7.57. The average molecular weight is 413 g/mol. The molecular formula is C29H36N2. The van der Waals surface area contributed by atoms with Gasteiger partial charge in [0.15, 0.2) is 0 Å². The molecule has 0 bridgehead atoms. The number of aromatic nitrogens is 1. The molecule has 4 rings (SSSR count). The van der Waals surface area contributed by atoms with E-state index < -0.39 is 0 Å². The van der Waals surface area contributed by atoms with Gasteiger partial charge in [0.2, 0.25) is 0 Å². The van der Waals surface area contributed by atoms with E-state index in [0.29, 0.717) is 0 Å². The second-order valence-corrected chi connectivity index (χ2v) is 7.57. The van der Waals surface area contributed by atoms with Crippen LogP contribution in [0.3, 0.4) is 0 Å². The summed E-state index contributed by atoms with van der Waals surface area (Å²) in [7, 11) is 4.09. The number of nitrogens with zero attached hydrogens (tertiary/aromatic N) is 2. The molecule has 1 heterocycles. The molecule has 31 heavy (non-hydrogen) atoms. The monoisotopic (exact) mass is 412 g/mol. The van der Waals surface area contributed by atoms with Gasteiger partial charge in [0, 0.05) is 32.2 Å². The highest BCUT2D eigenvalue weighted by Gasteiger charge is 1.90. The lowest BCUT2D eigenvalue weighted by molar-refractivity contribution is 1.13. The van der Waals surface area contributed by atoms with Gasteiger partial charge in [0.05, 0.1) is 0 Å². The molecule has 0 amide bonds. The number of hydrogen-bond acceptors (Lipinski definition) is 2. The molecule has 0 saturated carbocycles. The fraction of sp³-hybridized carbons (Fsp3) is 0.207. The average Bonchev–Trinajstić information content (AvgIpc) is 2.77. The number of rotatable bonds is 1. The molecule has 2 nitrogen and oxygen atoms in total. The molecule has 2 heteroatoms. The lowest BCUT2D eigenvalue weighted by Gasteiger charge is -2.11. The molecule has 0 radical (unpaired) electrons. The van der Waals surface area contributed by atoms with E-state index in [0.717, 1.165) is 0 Å². The Morgan fingerprint density at radius 3 is 1.16 bits per heavy atom. The van der Waals surface area contributed by atoms with E-state index in [1.54, 1.807) is 6.20 Å². The SMILES string of the molecule is Cc1ccc(N(C)C)cc1.Cc1ccccc1.Cc1ccccc1.Cc1cccnc1. The van der Waals surface area contributed by atoms with Crippen molar-refractivity contribution in [1.82, 2.24) is 4.98 Å². The maximum atomic E-state index is 3.88. The van der Waals surface area contributed by atoms with Crippen LogP contribution in [-0.2, 0) is 0 Å². The summed E-state index contributed by atoms with van der Waals surface area (Å²) in [5.74, 6) is 0. The third-order valence-electron chi connectivity index (χ3n) is 4.24. The van der Waals surface area contributed by atoms with E-state index >= 15 is 0 Å². The summed E-state index contributed by atoms with van der Waals surface area (Å²) in [5, 5.41) is 0. The fourth-order valence-electron chi connectivity index (χ4n) is 2.36. The third kappa shape index (κ3) is 13.5. The van der Waals surface area contributed by atoms with Crippen molar-refractivity contribution in [3.05, 3.63) is 132 Å². The minimum absolute atomic E-state index is 1.21. The van der Waals surface area contributed by atoms with Crippen molar-refractivity contribution in [2.75, 3.05) is 19.0 Å². The molecule has 0 unspecified atom stereocenters. The molecule has 0 spiro atoms. The topological polar surface area (TPSA) is 16.1 Å². The lowest BCUT2D eigenvalue weighted by atomic mass is 10.2. The first-order valence-corrected chi connectivity index (χ1v) is 10.5. The minimum atomic E-state index is 1.21. The quantitative estimate of drug-likeness (QED) is 0.323. The highest BCUT2D eigenvalue weighted by atomic mass is 15.1. The van der Waals surface area contributed by atoms with Gasteiger partial charge in [0.1, 0.15) is 0 Å². The lowest BCUT2D eigenvalue weighted by Crippen LogP contribution is -2.07.